The third-order valence-corrected chi connectivity index (χ3v) is 13.4. The summed E-state index contributed by atoms with van der Waals surface area (Å²) in [4.78, 5) is 8.07. The fourth-order valence-electron chi connectivity index (χ4n) is 10.3. The van der Waals surface area contributed by atoms with Crippen molar-refractivity contribution in [3.05, 3.63) is 131 Å². The van der Waals surface area contributed by atoms with E-state index in [1.807, 2.05) is 42.5 Å². The van der Waals surface area contributed by atoms with Gasteiger partial charge < -0.3 is 14.7 Å². The molecule has 0 aliphatic carbocycles. The largest absolute Gasteiger partial charge is 0.341 e. The zero-order valence-corrected chi connectivity index (χ0v) is 38.0. The quantitative estimate of drug-likeness (QED) is 0.0374. The van der Waals surface area contributed by atoms with E-state index in [2.05, 4.69) is 124 Å². The van der Waals surface area contributed by atoms with E-state index in [4.69, 9.17) is 0 Å². The Hall–Kier alpha value is -5.34. The molecule has 3 aliphatic heterocycles. The Balaban J connectivity index is 1.26. The van der Waals surface area contributed by atoms with Crippen LogP contribution >= 0.6 is 0 Å². The van der Waals surface area contributed by atoms with Crippen LogP contribution in [0.5, 0.6) is 0 Å². The molecule has 0 bridgehead atoms. The molecular formula is C57H69N5. The highest BCUT2D eigenvalue weighted by Gasteiger charge is 2.55. The van der Waals surface area contributed by atoms with Crippen LogP contribution in [0.4, 0.5) is 45.5 Å². The Bertz CT molecular complexity index is 2080. The average Bonchev–Trinajstić information content (AvgIpc) is 3.31. The molecule has 322 valence electrons. The van der Waals surface area contributed by atoms with Crippen molar-refractivity contribution in [3.63, 3.8) is 0 Å². The molecule has 62 heavy (non-hydrogen) atoms. The smallest absolute Gasteiger partial charge is 0.119 e. The average molecular weight is 824 g/mol. The Morgan fingerprint density at radius 2 is 0.710 bits per heavy atom. The first-order chi connectivity index (χ1) is 30.7. The highest BCUT2D eigenvalue weighted by molar-refractivity contribution is 6.02. The number of rotatable bonds is 23. The van der Waals surface area contributed by atoms with Gasteiger partial charge in [-0.25, -0.2) is 0 Å². The Kier molecular flexibility index (Phi) is 14.8. The standard InChI is InChI=1S/C57H69N5/c1-4-7-10-13-16-22-42-60-48-30-25-32-50-54(48)57(41-40-45-36-38-47(39-37-45)59-58-46-28-20-19-21-29-46)55-49(60)31-26-33-51(55)62(44-24-18-15-12-9-6-3)53-35-27-34-52(56(53)57)61(50)43-23-17-14-11-8-5-2/h19-21,25-39H,4-18,22-24,42-44H2,1-3H3. The minimum absolute atomic E-state index is 0.637. The maximum Gasteiger partial charge on any atom is 0.119 e. The van der Waals surface area contributed by atoms with Crippen molar-refractivity contribution in [3.8, 4) is 11.8 Å². The minimum Gasteiger partial charge on any atom is -0.341 e. The number of hydrogen-bond acceptors (Lipinski definition) is 5. The molecule has 0 saturated carbocycles. The maximum absolute atomic E-state index is 4.55. The number of unbranched alkanes of at least 4 members (excludes halogenated alkanes) is 15. The van der Waals surface area contributed by atoms with Crippen molar-refractivity contribution in [1.82, 2.24) is 0 Å². The van der Waals surface area contributed by atoms with Gasteiger partial charge in [0, 0.05) is 76.0 Å². The lowest BCUT2D eigenvalue weighted by Crippen LogP contribution is -2.47. The van der Waals surface area contributed by atoms with E-state index in [9.17, 15) is 0 Å². The van der Waals surface area contributed by atoms with Crippen molar-refractivity contribution in [2.75, 3.05) is 34.3 Å². The Morgan fingerprint density at radius 3 is 1.08 bits per heavy atom. The molecule has 3 heterocycles. The van der Waals surface area contributed by atoms with E-state index in [1.54, 1.807) is 0 Å². The fraction of sp³-hybridized carbons (Fsp3) is 0.439. The second kappa shape index (κ2) is 21.2. The first-order valence-corrected chi connectivity index (χ1v) is 24.5. The van der Waals surface area contributed by atoms with Crippen LogP contribution in [0.15, 0.2) is 119 Å². The van der Waals surface area contributed by atoms with Crippen LogP contribution in [-0.4, -0.2) is 19.6 Å². The summed E-state index contributed by atoms with van der Waals surface area (Å²) in [5.74, 6) is 8.00. The van der Waals surface area contributed by atoms with E-state index in [1.165, 1.54) is 166 Å². The summed E-state index contributed by atoms with van der Waals surface area (Å²) < 4.78 is 0. The van der Waals surface area contributed by atoms with E-state index < -0.39 is 5.41 Å². The summed E-state index contributed by atoms with van der Waals surface area (Å²) in [7, 11) is 0. The molecule has 5 aromatic rings. The molecule has 0 N–H and O–H groups in total. The molecule has 0 unspecified atom stereocenters. The first-order valence-electron chi connectivity index (χ1n) is 24.5. The zero-order chi connectivity index (χ0) is 42.6. The van der Waals surface area contributed by atoms with E-state index in [0.717, 1.165) is 36.6 Å². The van der Waals surface area contributed by atoms with Crippen molar-refractivity contribution in [1.29, 1.82) is 0 Å². The third kappa shape index (κ3) is 9.08. The van der Waals surface area contributed by atoms with Crippen LogP contribution in [0.3, 0.4) is 0 Å². The Morgan fingerprint density at radius 1 is 0.371 bits per heavy atom. The molecule has 0 spiro atoms. The second-order valence-corrected chi connectivity index (χ2v) is 17.9. The summed E-state index contributed by atoms with van der Waals surface area (Å²) in [6.45, 7) is 9.94. The van der Waals surface area contributed by atoms with E-state index in [0.29, 0.717) is 0 Å². The Labute approximate surface area is 373 Å². The predicted octanol–water partition coefficient (Wildman–Crippen LogP) is 16.9. The number of benzene rings is 5. The van der Waals surface area contributed by atoms with Gasteiger partial charge in [0.2, 0.25) is 0 Å². The van der Waals surface area contributed by atoms with Gasteiger partial charge in [-0.2, -0.15) is 10.2 Å². The summed E-state index contributed by atoms with van der Waals surface area (Å²) in [5.41, 5.74) is 14.1. The van der Waals surface area contributed by atoms with Gasteiger partial charge in [-0.3, -0.25) is 0 Å². The number of hydrogen-bond donors (Lipinski definition) is 0. The van der Waals surface area contributed by atoms with Gasteiger partial charge in [0.25, 0.3) is 0 Å². The molecule has 0 saturated heterocycles. The van der Waals surface area contributed by atoms with Gasteiger partial charge in [0.05, 0.1) is 11.4 Å². The SMILES string of the molecule is CCCCCCCCN1c2cccc3c2C2(C#Cc4ccc(N=Nc5ccccc5)cc4)c4c1cccc4N(CCCCCCCC)c1cccc(c12)N3CCCCCCCC. The lowest BCUT2D eigenvalue weighted by atomic mass is 9.61. The van der Waals surface area contributed by atoms with E-state index >= 15 is 0 Å². The maximum atomic E-state index is 4.55. The molecule has 5 aromatic carbocycles. The molecule has 0 amide bonds. The van der Waals surface area contributed by atoms with Gasteiger partial charge in [-0.1, -0.05) is 165 Å². The van der Waals surface area contributed by atoms with Crippen LogP contribution in [0.2, 0.25) is 0 Å². The van der Waals surface area contributed by atoms with Crippen LogP contribution in [-0.2, 0) is 5.41 Å². The summed E-state index contributed by atoms with van der Waals surface area (Å²) in [6.07, 6.45) is 23.0. The van der Waals surface area contributed by atoms with Gasteiger partial charge >= 0.3 is 0 Å². The fourth-order valence-corrected chi connectivity index (χ4v) is 10.3. The molecule has 5 nitrogen and oxygen atoms in total. The first kappa shape index (κ1) is 43.3. The van der Waals surface area contributed by atoms with Gasteiger partial charge in [-0.15, -0.1) is 0 Å². The molecule has 8 rings (SSSR count). The van der Waals surface area contributed by atoms with E-state index in [-0.39, 0.29) is 0 Å². The molecule has 5 heteroatoms. The number of azo groups is 1. The molecular weight excluding hydrogens is 755 g/mol. The third-order valence-electron chi connectivity index (χ3n) is 13.4. The van der Waals surface area contributed by atoms with Crippen LogP contribution < -0.4 is 14.7 Å². The highest BCUT2D eigenvalue weighted by atomic mass is 15.2. The van der Waals surface area contributed by atoms with Crippen LogP contribution in [0.25, 0.3) is 0 Å². The van der Waals surface area contributed by atoms with Gasteiger partial charge in [0.15, 0.2) is 0 Å². The molecule has 3 aliphatic rings. The second-order valence-electron chi connectivity index (χ2n) is 17.9. The minimum atomic E-state index is -0.637. The normalized spacial score (nSPS) is 14.0. The molecule has 0 atom stereocenters. The van der Waals surface area contributed by atoms with Gasteiger partial charge in [0.1, 0.15) is 5.41 Å². The van der Waals surface area contributed by atoms with Crippen LogP contribution in [0, 0.1) is 11.8 Å². The van der Waals surface area contributed by atoms with Crippen molar-refractivity contribution in [2.24, 2.45) is 10.2 Å². The highest BCUT2D eigenvalue weighted by Crippen LogP contribution is 2.66. The molecule has 0 fully saturated rings. The predicted molar refractivity (Wildman–Crippen MR) is 264 cm³/mol. The summed E-state index contributed by atoms with van der Waals surface area (Å²) >= 11 is 0. The number of nitrogens with zero attached hydrogens (tertiary/aromatic N) is 5. The topological polar surface area (TPSA) is 34.4 Å². The lowest BCUT2D eigenvalue weighted by molar-refractivity contribution is 0.598. The zero-order valence-electron chi connectivity index (χ0n) is 38.0. The monoisotopic (exact) mass is 824 g/mol. The summed E-state index contributed by atoms with van der Waals surface area (Å²) in [6, 6.07) is 39.6. The van der Waals surface area contributed by atoms with Gasteiger partial charge in [-0.05, 0) is 92.1 Å². The molecule has 0 aromatic heterocycles. The van der Waals surface area contributed by atoms with Crippen molar-refractivity contribution < 1.29 is 0 Å². The van der Waals surface area contributed by atoms with Crippen molar-refractivity contribution >= 4 is 45.5 Å². The lowest BCUT2D eigenvalue weighted by Gasteiger charge is -2.54. The number of anilines is 6. The van der Waals surface area contributed by atoms with Crippen LogP contribution in [0.1, 0.15) is 159 Å². The summed E-state index contributed by atoms with van der Waals surface area (Å²) in [5, 5.41) is 9.02. The molecule has 0 radical (unpaired) electrons. The van der Waals surface area contributed by atoms with Crippen molar-refractivity contribution in [2.45, 2.75) is 142 Å².